The third kappa shape index (κ3) is 2.57. The molecule has 1 aliphatic heterocycles. The molecule has 0 radical (unpaired) electrons. The van der Waals surface area contributed by atoms with Crippen molar-refractivity contribution >= 4 is 23.2 Å². The lowest BCUT2D eigenvalue weighted by Gasteiger charge is -2.28. The molecule has 104 valence electrons. The molecule has 1 fully saturated rings. The van der Waals surface area contributed by atoms with Crippen molar-refractivity contribution in [1.82, 2.24) is 4.90 Å². The fraction of sp³-hybridized carbons (Fsp3) is 0.533. The Kier molecular flexibility index (Phi) is 4.35. The van der Waals surface area contributed by atoms with E-state index in [1.54, 1.807) is 0 Å². The number of benzene rings is 1. The smallest absolute Gasteiger partial charge is 0.198 e. The molecule has 2 rings (SSSR count). The first kappa shape index (κ1) is 14.2. The highest BCUT2D eigenvalue weighted by molar-refractivity contribution is 6.18. The summed E-state index contributed by atoms with van der Waals surface area (Å²) in [6, 6.07) is 6.61. The van der Waals surface area contributed by atoms with Gasteiger partial charge in [-0.15, -0.1) is 11.6 Å². The maximum absolute atomic E-state index is 8.41. The van der Waals surface area contributed by atoms with Gasteiger partial charge in [-0.2, -0.15) is 0 Å². The Morgan fingerprint density at radius 1 is 1.32 bits per heavy atom. The summed E-state index contributed by atoms with van der Waals surface area (Å²) >= 11 is 5.94. The summed E-state index contributed by atoms with van der Waals surface area (Å²) in [5.41, 5.74) is 3.63. The number of aryl methyl sites for hydroxylation is 2. The van der Waals surface area contributed by atoms with Crippen LogP contribution in [0.3, 0.4) is 0 Å². The second-order valence-electron chi connectivity index (χ2n) is 5.10. The van der Waals surface area contributed by atoms with Crippen LogP contribution in [0.25, 0.3) is 0 Å². The van der Waals surface area contributed by atoms with Crippen LogP contribution in [0.2, 0.25) is 0 Å². The molecule has 1 unspecified atom stereocenters. The number of para-hydroxylation sites is 1. The molecule has 1 atom stereocenters. The van der Waals surface area contributed by atoms with Crippen molar-refractivity contribution in [2.45, 2.75) is 33.2 Å². The minimum atomic E-state index is 0.310. The number of nitrogens with one attached hydrogen (secondary N) is 1. The van der Waals surface area contributed by atoms with E-state index < -0.39 is 0 Å². The van der Waals surface area contributed by atoms with Crippen molar-refractivity contribution in [3.63, 3.8) is 0 Å². The van der Waals surface area contributed by atoms with Gasteiger partial charge in [0, 0.05) is 24.7 Å². The number of anilines is 1. The van der Waals surface area contributed by atoms with Crippen LogP contribution in [0.4, 0.5) is 5.69 Å². The van der Waals surface area contributed by atoms with Gasteiger partial charge in [0.25, 0.3) is 0 Å². The topological polar surface area (TPSA) is 30.3 Å². The number of guanidine groups is 1. The zero-order chi connectivity index (χ0) is 14.0. The Hall–Kier alpha value is -1.22. The summed E-state index contributed by atoms with van der Waals surface area (Å²) in [7, 11) is 0. The summed E-state index contributed by atoms with van der Waals surface area (Å²) in [6.07, 6.45) is 0.911. The molecular formula is C15H22ClN3. The van der Waals surface area contributed by atoms with Gasteiger partial charge in [-0.05, 0) is 38.3 Å². The molecule has 1 N–H and O–H groups in total. The molecular weight excluding hydrogens is 258 g/mol. The number of nitrogens with zero attached hydrogens (tertiary/aromatic N) is 2. The first-order valence-corrected chi connectivity index (χ1v) is 7.38. The molecule has 0 aromatic heterocycles. The van der Waals surface area contributed by atoms with Crippen molar-refractivity contribution in [1.29, 1.82) is 5.41 Å². The highest BCUT2D eigenvalue weighted by Crippen LogP contribution is 2.31. The van der Waals surface area contributed by atoms with Crippen molar-refractivity contribution in [3.05, 3.63) is 29.3 Å². The summed E-state index contributed by atoms with van der Waals surface area (Å²) in [4.78, 5) is 4.28. The number of hydrogen-bond acceptors (Lipinski definition) is 1. The zero-order valence-corrected chi connectivity index (χ0v) is 12.7. The number of halogens is 1. The van der Waals surface area contributed by atoms with Crippen LogP contribution in [0, 0.1) is 19.3 Å². The van der Waals surface area contributed by atoms with Gasteiger partial charge in [-0.25, -0.2) is 0 Å². The van der Waals surface area contributed by atoms with E-state index in [2.05, 4.69) is 48.8 Å². The van der Waals surface area contributed by atoms with Crippen molar-refractivity contribution in [2.75, 3.05) is 23.9 Å². The highest BCUT2D eigenvalue weighted by Gasteiger charge is 2.35. The summed E-state index contributed by atoms with van der Waals surface area (Å²) in [6.45, 7) is 8.10. The lowest BCUT2D eigenvalue weighted by atomic mass is 10.1. The first-order valence-electron chi connectivity index (χ1n) is 6.85. The van der Waals surface area contributed by atoms with E-state index in [0.717, 1.165) is 19.5 Å². The lowest BCUT2D eigenvalue weighted by Crippen LogP contribution is -2.36. The summed E-state index contributed by atoms with van der Waals surface area (Å²) in [5.74, 6) is 1.24. The molecule has 0 aliphatic carbocycles. The minimum absolute atomic E-state index is 0.310. The first-order chi connectivity index (χ1) is 9.10. The van der Waals surface area contributed by atoms with E-state index >= 15 is 0 Å². The number of rotatable bonds is 4. The zero-order valence-electron chi connectivity index (χ0n) is 11.9. The van der Waals surface area contributed by atoms with Gasteiger partial charge in [0.15, 0.2) is 5.96 Å². The van der Waals surface area contributed by atoms with Crippen LogP contribution >= 0.6 is 11.6 Å². The third-order valence-electron chi connectivity index (χ3n) is 3.83. The van der Waals surface area contributed by atoms with Crippen LogP contribution in [0.5, 0.6) is 0 Å². The van der Waals surface area contributed by atoms with Crippen LogP contribution in [-0.4, -0.2) is 35.9 Å². The molecule has 0 bridgehead atoms. The molecule has 1 heterocycles. The monoisotopic (exact) mass is 279 g/mol. The van der Waals surface area contributed by atoms with Crippen LogP contribution in [0.1, 0.15) is 24.5 Å². The molecule has 0 saturated carbocycles. The van der Waals surface area contributed by atoms with Crippen LogP contribution in [0.15, 0.2) is 18.2 Å². The molecule has 0 amide bonds. The highest BCUT2D eigenvalue weighted by atomic mass is 35.5. The molecule has 0 spiro atoms. The van der Waals surface area contributed by atoms with E-state index in [0.29, 0.717) is 17.9 Å². The quantitative estimate of drug-likeness (QED) is 0.857. The van der Waals surface area contributed by atoms with Gasteiger partial charge >= 0.3 is 0 Å². The third-order valence-corrected chi connectivity index (χ3v) is 4.05. The van der Waals surface area contributed by atoms with E-state index in [9.17, 15) is 0 Å². The second-order valence-corrected chi connectivity index (χ2v) is 5.48. The molecule has 4 heteroatoms. The molecule has 3 nitrogen and oxygen atoms in total. The van der Waals surface area contributed by atoms with Gasteiger partial charge in [-0.1, -0.05) is 18.2 Å². The molecule has 19 heavy (non-hydrogen) atoms. The largest absolute Gasteiger partial charge is 0.341 e. The predicted molar refractivity (Wildman–Crippen MR) is 82.5 cm³/mol. The van der Waals surface area contributed by atoms with Crippen LogP contribution < -0.4 is 4.90 Å². The van der Waals surface area contributed by atoms with E-state index in [1.807, 2.05) is 0 Å². The standard InChI is InChI=1S/C15H22ClN3/c1-4-18-10-13(8-9-16)19(15(18)17)14-11(2)6-5-7-12(14)3/h5-7,13,17H,4,8-10H2,1-3H3. The molecule has 1 aliphatic rings. The minimum Gasteiger partial charge on any atom is -0.341 e. The SMILES string of the molecule is CCN1CC(CCCl)N(c2c(C)cccc2C)C1=N. The average molecular weight is 280 g/mol. The molecule has 1 aromatic carbocycles. The van der Waals surface area contributed by atoms with Gasteiger partial charge in [0.2, 0.25) is 0 Å². The average Bonchev–Trinajstić information content (AvgIpc) is 2.67. The molecule has 1 saturated heterocycles. The van der Waals surface area contributed by atoms with Crippen molar-refractivity contribution in [2.24, 2.45) is 0 Å². The lowest BCUT2D eigenvalue weighted by molar-refractivity contribution is 0.449. The van der Waals surface area contributed by atoms with Gasteiger partial charge in [0.05, 0.1) is 6.04 Å². The predicted octanol–water partition coefficient (Wildman–Crippen LogP) is 3.38. The van der Waals surface area contributed by atoms with Crippen LogP contribution in [-0.2, 0) is 0 Å². The number of alkyl halides is 1. The maximum Gasteiger partial charge on any atom is 0.198 e. The van der Waals surface area contributed by atoms with Gasteiger partial charge < -0.3 is 9.80 Å². The normalized spacial score (nSPS) is 19.4. The van der Waals surface area contributed by atoms with E-state index in [4.69, 9.17) is 17.0 Å². The Morgan fingerprint density at radius 3 is 2.47 bits per heavy atom. The Labute approximate surface area is 120 Å². The van der Waals surface area contributed by atoms with Crippen molar-refractivity contribution < 1.29 is 0 Å². The maximum atomic E-state index is 8.41. The molecule has 1 aromatic rings. The summed E-state index contributed by atoms with van der Waals surface area (Å²) < 4.78 is 0. The van der Waals surface area contributed by atoms with Gasteiger partial charge in [0.1, 0.15) is 0 Å². The van der Waals surface area contributed by atoms with Gasteiger partial charge in [-0.3, -0.25) is 5.41 Å². The fourth-order valence-corrected chi connectivity index (χ4v) is 3.10. The Balaban J connectivity index is 2.42. The Morgan fingerprint density at radius 2 is 1.95 bits per heavy atom. The fourth-order valence-electron chi connectivity index (χ4n) is 2.85. The number of likely N-dealkylation sites (N-methyl/N-ethyl adjacent to an activating group) is 1. The van der Waals surface area contributed by atoms with E-state index in [1.165, 1.54) is 16.8 Å². The van der Waals surface area contributed by atoms with Crippen molar-refractivity contribution in [3.8, 4) is 0 Å². The number of hydrogen-bond donors (Lipinski definition) is 1. The van der Waals surface area contributed by atoms with E-state index in [-0.39, 0.29) is 0 Å². The second kappa shape index (κ2) is 5.83. The summed E-state index contributed by atoms with van der Waals surface area (Å²) in [5, 5.41) is 8.41. The Bertz CT molecular complexity index is 452.